The Balaban J connectivity index is 1.22. The molecule has 3 aliphatic heterocycles. The number of aromatic amines is 1. The monoisotopic (exact) mass is 474 g/mol. The Morgan fingerprint density at radius 3 is 3.00 bits per heavy atom. The molecule has 0 aliphatic carbocycles. The van der Waals surface area contributed by atoms with Gasteiger partial charge in [0.1, 0.15) is 5.84 Å². The highest BCUT2D eigenvalue weighted by Crippen LogP contribution is 2.37. The Kier molecular flexibility index (Phi) is 6.75. The third kappa shape index (κ3) is 5.53. The number of aliphatic imine (C=N–C) groups is 2. The molecule has 0 saturated carbocycles. The summed E-state index contributed by atoms with van der Waals surface area (Å²) in [6, 6.07) is 6.45. The molecule has 0 bridgehead atoms. The fourth-order valence-electron chi connectivity index (χ4n) is 4.96. The zero-order valence-corrected chi connectivity index (χ0v) is 21.2. The maximum Gasteiger partial charge on any atom is 0.113 e. The fourth-order valence-corrected chi connectivity index (χ4v) is 5.89. The number of aryl methyl sites for hydroxylation is 1. The van der Waals surface area contributed by atoms with Gasteiger partial charge in [-0.05, 0) is 61.1 Å². The molecule has 178 valence electrons. The molecule has 7 heteroatoms. The third-order valence-corrected chi connectivity index (χ3v) is 7.72. The summed E-state index contributed by atoms with van der Waals surface area (Å²) in [5.41, 5.74) is 7.30. The number of piperidine rings is 1. The van der Waals surface area contributed by atoms with Crippen LogP contribution in [0.3, 0.4) is 0 Å². The van der Waals surface area contributed by atoms with Crippen LogP contribution in [-0.2, 0) is 0 Å². The van der Waals surface area contributed by atoms with Gasteiger partial charge in [-0.1, -0.05) is 32.1 Å². The highest BCUT2D eigenvalue weighted by atomic mass is 32.2. The Bertz CT molecular complexity index is 1170. The minimum atomic E-state index is 0.414. The van der Waals surface area contributed by atoms with E-state index in [1.807, 2.05) is 24.9 Å². The second-order valence-electron chi connectivity index (χ2n) is 10.2. The molecule has 0 atom stereocenters. The van der Waals surface area contributed by atoms with E-state index in [2.05, 4.69) is 70.7 Å². The maximum absolute atomic E-state index is 4.89. The second-order valence-corrected chi connectivity index (χ2v) is 11.2. The highest BCUT2D eigenvalue weighted by Gasteiger charge is 2.26. The van der Waals surface area contributed by atoms with Crippen LogP contribution in [0.1, 0.15) is 32.4 Å². The number of rotatable bonds is 5. The van der Waals surface area contributed by atoms with Crippen molar-refractivity contribution in [2.45, 2.75) is 38.5 Å². The van der Waals surface area contributed by atoms with Crippen LogP contribution in [0.5, 0.6) is 0 Å². The molecule has 34 heavy (non-hydrogen) atoms. The standard InChI is InChI=1S/C27H34N6S/c1-19-23(15-30-32-19)21-7-8-24-25(13-21)34-17-26(31-24)29-14-22-12-20(6-4-10-28-22)16-33-11-5-9-27(2,3)18-33/h4,6-8,12-13,15H,5,9-11,14,16-18H2,1-3H3,(H,29,31)(H,30,32). The summed E-state index contributed by atoms with van der Waals surface area (Å²) in [6.07, 6.45) is 11.2. The van der Waals surface area contributed by atoms with Gasteiger partial charge < -0.3 is 5.32 Å². The van der Waals surface area contributed by atoms with Gasteiger partial charge in [0.15, 0.2) is 0 Å². The van der Waals surface area contributed by atoms with Crippen LogP contribution in [-0.4, -0.2) is 65.1 Å². The molecule has 5 rings (SSSR count). The molecule has 6 nitrogen and oxygen atoms in total. The molecule has 0 spiro atoms. The Morgan fingerprint density at radius 1 is 1.26 bits per heavy atom. The molecule has 4 heterocycles. The normalized spacial score (nSPS) is 20.1. The molecule has 0 unspecified atom stereocenters. The van der Waals surface area contributed by atoms with E-state index in [1.54, 1.807) is 0 Å². The second kappa shape index (κ2) is 9.92. The lowest BCUT2D eigenvalue weighted by atomic mass is 9.84. The Hall–Kier alpha value is -2.64. The summed E-state index contributed by atoms with van der Waals surface area (Å²) in [6.45, 7) is 11.6. The first kappa shape index (κ1) is 23.1. The van der Waals surface area contributed by atoms with E-state index in [0.717, 1.165) is 53.9 Å². The molecule has 0 radical (unpaired) electrons. The smallest absolute Gasteiger partial charge is 0.113 e. The van der Waals surface area contributed by atoms with Crippen molar-refractivity contribution >= 4 is 29.0 Å². The van der Waals surface area contributed by atoms with E-state index >= 15 is 0 Å². The average Bonchev–Trinajstić information content (AvgIpc) is 3.11. The predicted molar refractivity (Wildman–Crippen MR) is 144 cm³/mol. The number of aromatic nitrogens is 2. The van der Waals surface area contributed by atoms with Crippen LogP contribution in [0.4, 0.5) is 5.69 Å². The zero-order chi connectivity index (χ0) is 23.5. The summed E-state index contributed by atoms with van der Waals surface area (Å²) < 4.78 is 0. The maximum atomic E-state index is 4.89. The van der Waals surface area contributed by atoms with Gasteiger partial charge in [0, 0.05) is 29.2 Å². The van der Waals surface area contributed by atoms with Gasteiger partial charge in [0.25, 0.3) is 0 Å². The quantitative estimate of drug-likeness (QED) is 0.627. The highest BCUT2D eigenvalue weighted by molar-refractivity contribution is 8.00. The van der Waals surface area contributed by atoms with Crippen molar-refractivity contribution in [1.29, 1.82) is 0 Å². The number of fused-ring (bicyclic) bond motifs is 1. The zero-order valence-electron chi connectivity index (χ0n) is 20.4. The predicted octanol–water partition coefficient (Wildman–Crippen LogP) is 5.17. The molecule has 2 aromatic rings. The van der Waals surface area contributed by atoms with Crippen LogP contribution in [0, 0.1) is 12.3 Å². The van der Waals surface area contributed by atoms with Crippen molar-refractivity contribution in [3.8, 4) is 11.1 Å². The summed E-state index contributed by atoms with van der Waals surface area (Å²) in [5.74, 6) is 1.85. The summed E-state index contributed by atoms with van der Waals surface area (Å²) in [7, 11) is 0. The van der Waals surface area contributed by atoms with Gasteiger partial charge in [-0.2, -0.15) is 5.10 Å². The first-order chi connectivity index (χ1) is 16.4. The number of hydrogen-bond acceptors (Lipinski definition) is 6. The van der Waals surface area contributed by atoms with Gasteiger partial charge in [-0.25, -0.2) is 4.99 Å². The van der Waals surface area contributed by atoms with Gasteiger partial charge in [0.05, 0.1) is 36.4 Å². The van der Waals surface area contributed by atoms with E-state index in [4.69, 9.17) is 9.98 Å². The molecule has 1 aromatic carbocycles. The molecule has 0 amide bonds. The van der Waals surface area contributed by atoms with Crippen LogP contribution in [0.2, 0.25) is 0 Å². The van der Waals surface area contributed by atoms with E-state index in [9.17, 15) is 0 Å². The van der Waals surface area contributed by atoms with Crippen LogP contribution in [0.25, 0.3) is 11.1 Å². The fraction of sp³-hybridized carbons (Fsp3) is 0.444. The molecule has 3 aliphatic rings. The van der Waals surface area contributed by atoms with Crippen molar-refractivity contribution in [1.82, 2.24) is 20.4 Å². The summed E-state index contributed by atoms with van der Waals surface area (Å²) in [4.78, 5) is 13.5. The topological polar surface area (TPSA) is 68.7 Å². The number of H-pyrrole nitrogens is 1. The molecular weight excluding hydrogens is 440 g/mol. The SMILES string of the molecule is Cc1[nH]ncc1-c1ccc2c(c1)SCC(NCC1=NCC=CC(CN3CCCC(C)(C)C3)=C1)=N2. The van der Waals surface area contributed by atoms with Crippen LogP contribution >= 0.6 is 11.8 Å². The number of likely N-dealkylation sites (tertiary alicyclic amines) is 1. The van der Waals surface area contributed by atoms with Crippen LogP contribution < -0.4 is 5.32 Å². The third-order valence-electron chi connectivity index (χ3n) is 6.66. The first-order valence-electron chi connectivity index (χ1n) is 12.2. The molecule has 1 aromatic heterocycles. The van der Waals surface area contributed by atoms with Gasteiger partial charge in [-0.3, -0.25) is 15.0 Å². The van der Waals surface area contributed by atoms with Crippen molar-refractivity contribution in [3.63, 3.8) is 0 Å². The van der Waals surface area contributed by atoms with E-state index < -0.39 is 0 Å². The van der Waals surface area contributed by atoms with E-state index in [-0.39, 0.29) is 0 Å². The number of amidine groups is 1. The van der Waals surface area contributed by atoms with Gasteiger partial charge in [-0.15, -0.1) is 11.8 Å². The van der Waals surface area contributed by atoms with E-state index in [1.165, 1.54) is 35.4 Å². The van der Waals surface area contributed by atoms with Gasteiger partial charge >= 0.3 is 0 Å². The van der Waals surface area contributed by atoms with Crippen molar-refractivity contribution in [2.75, 3.05) is 38.5 Å². The van der Waals surface area contributed by atoms with Crippen molar-refractivity contribution < 1.29 is 0 Å². The summed E-state index contributed by atoms with van der Waals surface area (Å²) in [5, 5.41) is 10.7. The molecule has 1 saturated heterocycles. The summed E-state index contributed by atoms with van der Waals surface area (Å²) >= 11 is 1.83. The first-order valence-corrected chi connectivity index (χ1v) is 13.2. The number of nitrogens with one attached hydrogen (secondary N) is 2. The molecule has 1 fully saturated rings. The largest absolute Gasteiger partial charge is 0.367 e. The number of benzene rings is 1. The lowest BCUT2D eigenvalue weighted by Crippen LogP contribution is -2.40. The van der Waals surface area contributed by atoms with E-state index in [0.29, 0.717) is 12.0 Å². The van der Waals surface area contributed by atoms with Crippen molar-refractivity contribution in [3.05, 3.63) is 53.9 Å². The minimum absolute atomic E-state index is 0.414. The number of nitrogens with zero attached hydrogens (tertiary/aromatic N) is 4. The lowest BCUT2D eigenvalue weighted by molar-refractivity contribution is 0.127. The molecule has 2 N–H and O–H groups in total. The molecular formula is C27H34N6S. The Labute approximate surface area is 206 Å². The lowest BCUT2D eigenvalue weighted by Gasteiger charge is -2.38. The average molecular weight is 475 g/mol. The Morgan fingerprint density at radius 2 is 2.18 bits per heavy atom. The number of thioether (sulfide) groups is 1. The van der Waals surface area contributed by atoms with Gasteiger partial charge in [0.2, 0.25) is 0 Å². The van der Waals surface area contributed by atoms with Crippen LogP contribution in [0.15, 0.2) is 63.1 Å². The minimum Gasteiger partial charge on any atom is -0.367 e. The van der Waals surface area contributed by atoms with Crippen molar-refractivity contribution in [2.24, 2.45) is 15.4 Å². The number of hydrogen-bond donors (Lipinski definition) is 2.